The number of benzene rings is 1. The van der Waals surface area contributed by atoms with Crippen LogP contribution in [0.5, 0.6) is 5.75 Å². The van der Waals surface area contributed by atoms with E-state index in [0.29, 0.717) is 12.2 Å². The van der Waals surface area contributed by atoms with Crippen molar-refractivity contribution in [3.8, 4) is 5.75 Å². The van der Waals surface area contributed by atoms with Crippen LogP contribution in [0, 0.1) is 17.8 Å². The summed E-state index contributed by atoms with van der Waals surface area (Å²) in [6.07, 6.45) is 1.34. The van der Waals surface area contributed by atoms with Gasteiger partial charge in [0, 0.05) is 0 Å². The van der Waals surface area contributed by atoms with Gasteiger partial charge < -0.3 is 15.2 Å². The van der Waals surface area contributed by atoms with Crippen LogP contribution in [0.4, 0.5) is 0 Å². The van der Waals surface area contributed by atoms with Gasteiger partial charge in [-0.1, -0.05) is 26.0 Å². The number of esters is 1. The molecule has 0 radical (unpaired) electrons. The summed E-state index contributed by atoms with van der Waals surface area (Å²) in [5, 5.41) is 12.7. The Labute approximate surface area is 130 Å². The molecular formula is C17H23NO4. The van der Waals surface area contributed by atoms with Gasteiger partial charge >= 0.3 is 11.9 Å². The average Bonchev–Trinajstić information content (AvgIpc) is 2.98. The Balaban J connectivity index is 2.07. The standard InChI is InChI=1S/C17H23NO4/c1-11(2)17(21)22-14-5-3-4-12(8-14)9-15(16(19)20)13-6-7-18-10-13/h3-5,8,11,13,15,18H,6-7,9-10H2,1-2H3,(H,19,20)/t13-,15-/m0/s1. The Hall–Kier alpha value is -1.88. The van der Waals surface area contributed by atoms with Crippen LogP contribution in [-0.2, 0) is 16.0 Å². The molecule has 1 aliphatic rings. The summed E-state index contributed by atoms with van der Waals surface area (Å²) in [6.45, 7) is 5.18. The number of ether oxygens (including phenoxy) is 1. The van der Waals surface area contributed by atoms with Crippen LogP contribution in [-0.4, -0.2) is 30.1 Å². The molecule has 2 rings (SSSR count). The van der Waals surface area contributed by atoms with E-state index in [9.17, 15) is 14.7 Å². The molecule has 1 heterocycles. The van der Waals surface area contributed by atoms with Crippen molar-refractivity contribution in [2.24, 2.45) is 17.8 Å². The molecule has 22 heavy (non-hydrogen) atoms. The maximum absolute atomic E-state index is 11.6. The lowest BCUT2D eigenvalue weighted by Gasteiger charge is -2.19. The molecule has 1 aromatic carbocycles. The Morgan fingerprint density at radius 1 is 1.41 bits per heavy atom. The molecule has 1 saturated heterocycles. The Morgan fingerprint density at radius 3 is 2.77 bits per heavy atom. The Morgan fingerprint density at radius 2 is 2.18 bits per heavy atom. The van der Waals surface area contributed by atoms with E-state index in [2.05, 4.69) is 5.32 Å². The average molecular weight is 305 g/mol. The van der Waals surface area contributed by atoms with E-state index >= 15 is 0 Å². The van der Waals surface area contributed by atoms with Gasteiger partial charge in [0.05, 0.1) is 11.8 Å². The van der Waals surface area contributed by atoms with Gasteiger partial charge in [0.1, 0.15) is 5.75 Å². The third-order valence-corrected chi connectivity index (χ3v) is 4.03. The first kappa shape index (κ1) is 16.5. The summed E-state index contributed by atoms with van der Waals surface area (Å²) >= 11 is 0. The van der Waals surface area contributed by atoms with Crippen molar-refractivity contribution in [1.82, 2.24) is 5.32 Å². The van der Waals surface area contributed by atoms with Crippen molar-refractivity contribution < 1.29 is 19.4 Å². The molecule has 1 aromatic rings. The number of carbonyl (C=O) groups excluding carboxylic acids is 1. The van der Waals surface area contributed by atoms with Gasteiger partial charge in [0.2, 0.25) is 0 Å². The van der Waals surface area contributed by atoms with E-state index in [4.69, 9.17) is 4.74 Å². The van der Waals surface area contributed by atoms with Crippen LogP contribution in [0.25, 0.3) is 0 Å². The molecule has 5 nitrogen and oxygen atoms in total. The first-order valence-electron chi connectivity index (χ1n) is 7.71. The van der Waals surface area contributed by atoms with Gasteiger partial charge in [-0.15, -0.1) is 0 Å². The molecule has 0 saturated carbocycles. The molecule has 1 fully saturated rings. The van der Waals surface area contributed by atoms with Gasteiger partial charge in [0.25, 0.3) is 0 Å². The molecule has 0 bridgehead atoms. The predicted octanol–water partition coefficient (Wildman–Crippen LogP) is 2.10. The smallest absolute Gasteiger partial charge is 0.313 e. The monoisotopic (exact) mass is 305 g/mol. The first-order chi connectivity index (χ1) is 10.5. The van der Waals surface area contributed by atoms with Gasteiger partial charge in [-0.3, -0.25) is 9.59 Å². The van der Waals surface area contributed by atoms with E-state index in [1.54, 1.807) is 32.0 Å². The van der Waals surface area contributed by atoms with E-state index in [0.717, 1.165) is 25.1 Å². The lowest BCUT2D eigenvalue weighted by Crippen LogP contribution is -2.27. The Bertz CT molecular complexity index is 535. The predicted molar refractivity (Wildman–Crippen MR) is 82.7 cm³/mol. The zero-order valence-electron chi connectivity index (χ0n) is 13.0. The molecule has 0 aromatic heterocycles. The number of aliphatic carboxylic acids is 1. The molecule has 2 atom stereocenters. The van der Waals surface area contributed by atoms with Crippen LogP contribution >= 0.6 is 0 Å². The van der Waals surface area contributed by atoms with Crippen LogP contribution < -0.4 is 10.1 Å². The minimum absolute atomic E-state index is 0.152. The molecular weight excluding hydrogens is 282 g/mol. The minimum atomic E-state index is -0.765. The van der Waals surface area contributed by atoms with E-state index < -0.39 is 11.9 Å². The van der Waals surface area contributed by atoms with Crippen molar-refractivity contribution >= 4 is 11.9 Å². The maximum Gasteiger partial charge on any atom is 0.313 e. The van der Waals surface area contributed by atoms with Crippen LogP contribution in [0.3, 0.4) is 0 Å². The second kappa shape index (κ2) is 7.40. The lowest BCUT2D eigenvalue weighted by atomic mass is 9.86. The highest BCUT2D eigenvalue weighted by atomic mass is 16.5. The summed E-state index contributed by atoms with van der Waals surface area (Å²) in [5.74, 6) is -1.03. The van der Waals surface area contributed by atoms with Gasteiger partial charge in [-0.05, 0) is 49.5 Å². The fraction of sp³-hybridized carbons (Fsp3) is 0.529. The minimum Gasteiger partial charge on any atom is -0.481 e. The summed E-state index contributed by atoms with van der Waals surface area (Å²) in [5.41, 5.74) is 0.883. The molecule has 0 amide bonds. The Kier molecular flexibility index (Phi) is 5.55. The molecule has 2 N–H and O–H groups in total. The highest BCUT2D eigenvalue weighted by molar-refractivity contribution is 5.74. The molecule has 0 aliphatic carbocycles. The number of carbonyl (C=O) groups is 2. The first-order valence-corrected chi connectivity index (χ1v) is 7.71. The summed E-state index contributed by atoms with van der Waals surface area (Å²) in [6, 6.07) is 7.16. The fourth-order valence-corrected chi connectivity index (χ4v) is 2.70. The number of hydrogen-bond acceptors (Lipinski definition) is 4. The second-order valence-corrected chi connectivity index (χ2v) is 6.12. The third kappa shape index (κ3) is 4.31. The van der Waals surface area contributed by atoms with Crippen LogP contribution in [0.1, 0.15) is 25.8 Å². The van der Waals surface area contributed by atoms with Gasteiger partial charge in [0.15, 0.2) is 0 Å². The van der Waals surface area contributed by atoms with Crippen molar-refractivity contribution in [2.75, 3.05) is 13.1 Å². The van der Waals surface area contributed by atoms with Crippen LogP contribution in [0.2, 0.25) is 0 Å². The summed E-state index contributed by atoms with van der Waals surface area (Å²) in [7, 11) is 0. The van der Waals surface area contributed by atoms with Gasteiger partial charge in [-0.25, -0.2) is 0 Å². The third-order valence-electron chi connectivity index (χ3n) is 4.03. The van der Waals surface area contributed by atoms with Gasteiger partial charge in [-0.2, -0.15) is 0 Å². The lowest BCUT2D eigenvalue weighted by molar-refractivity contribution is -0.143. The number of carboxylic acids is 1. The molecule has 1 aliphatic heterocycles. The number of hydrogen-bond donors (Lipinski definition) is 2. The highest BCUT2D eigenvalue weighted by Crippen LogP contribution is 2.25. The van der Waals surface area contributed by atoms with E-state index in [1.165, 1.54) is 0 Å². The normalized spacial score (nSPS) is 19.1. The quantitative estimate of drug-likeness (QED) is 0.622. The van der Waals surface area contributed by atoms with E-state index in [1.807, 2.05) is 6.07 Å². The molecule has 0 unspecified atom stereocenters. The largest absolute Gasteiger partial charge is 0.481 e. The fourth-order valence-electron chi connectivity index (χ4n) is 2.70. The van der Waals surface area contributed by atoms with Crippen molar-refractivity contribution in [1.29, 1.82) is 0 Å². The van der Waals surface area contributed by atoms with Crippen LogP contribution in [0.15, 0.2) is 24.3 Å². The molecule has 5 heteroatoms. The SMILES string of the molecule is CC(C)C(=O)Oc1cccc(C[C@H](C(=O)O)[C@H]2CCNC2)c1. The molecule has 0 spiro atoms. The summed E-state index contributed by atoms with van der Waals surface area (Å²) < 4.78 is 5.29. The number of carboxylic acid groups (broad SMARTS) is 1. The zero-order chi connectivity index (χ0) is 16.1. The van der Waals surface area contributed by atoms with E-state index in [-0.39, 0.29) is 17.8 Å². The second-order valence-electron chi connectivity index (χ2n) is 6.12. The number of rotatable bonds is 6. The zero-order valence-corrected chi connectivity index (χ0v) is 13.0. The number of nitrogens with one attached hydrogen (secondary N) is 1. The summed E-state index contributed by atoms with van der Waals surface area (Å²) in [4.78, 5) is 23.2. The highest BCUT2D eigenvalue weighted by Gasteiger charge is 2.30. The van der Waals surface area contributed by atoms with Crippen molar-refractivity contribution in [3.63, 3.8) is 0 Å². The van der Waals surface area contributed by atoms with Crippen molar-refractivity contribution in [2.45, 2.75) is 26.7 Å². The topological polar surface area (TPSA) is 75.6 Å². The maximum atomic E-state index is 11.6. The molecule has 120 valence electrons. The van der Waals surface area contributed by atoms with Crippen molar-refractivity contribution in [3.05, 3.63) is 29.8 Å².